The molecule has 0 aromatic carbocycles. The lowest BCUT2D eigenvalue weighted by Gasteiger charge is -2.33. The second-order valence-electron chi connectivity index (χ2n) is 4.73. The van der Waals surface area contributed by atoms with Gasteiger partial charge in [-0.15, -0.1) is 0 Å². The van der Waals surface area contributed by atoms with Gasteiger partial charge in [-0.2, -0.15) is 0 Å². The molecule has 0 radical (unpaired) electrons. The van der Waals surface area contributed by atoms with Crippen LogP contribution in [0.15, 0.2) is 23.3 Å². The van der Waals surface area contributed by atoms with Crippen LogP contribution < -0.4 is 0 Å². The normalized spacial score (nSPS) is 19.8. The van der Waals surface area contributed by atoms with E-state index < -0.39 is 17.4 Å². The van der Waals surface area contributed by atoms with Gasteiger partial charge in [-0.05, 0) is 40.5 Å². The van der Waals surface area contributed by atoms with Gasteiger partial charge >= 0.3 is 11.9 Å². The Kier molecular flexibility index (Phi) is 5.33. The van der Waals surface area contributed by atoms with Crippen LogP contribution in [-0.2, 0) is 19.1 Å². The first-order valence-corrected chi connectivity index (χ1v) is 6.67. The number of rotatable bonds is 4. The molecule has 0 saturated carbocycles. The van der Waals surface area contributed by atoms with E-state index in [4.69, 9.17) is 9.47 Å². The van der Waals surface area contributed by atoms with Gasteiger partial charge in [0.25, 0.3) is 0 Å². The molecule has 0 saturated heterocycles. The third-order valence-electron chi connectivity index (χ3n) is 3.22. The molecule has 106 valence electrons. The van der Waals surface area contributed by atoms with E-state index in [0.29, 0.717) is 12.8 Å². The molecule has 4 heteroatoms. The molecule has 1 aliphatic rings. The third-order valence-corrected chi connectivity index (χ3v) is 3.22. The average Bonchev–Trinajstić information content (AvgIpc) is 2.38. The summed E-state index contributed by atoms with van der Waals surface area (Å²) in [6, 6.07) is 0. The molecule has 0 amide bonds. The highest BCUT2D eigenvalue weighted by Gasteiger charge is 2.50. The van der Waals surface area contributed by atoms with E-state index in [2.05, 4.69) is 0 Å². The van der Waals surface area contributed by atoms with Crippen molar-refractivity contribution in [1.82, 2.24) is 0 Å². The summed E-state index contributed by atoms with van der Waals surface area (Å²) in [7, 11) is 0. The van der Waals surface area contributed by atoms with Crippen molar-refractivity contribution < 1.29 is 19.1 Å². The fourth-order valence-electron chi connectivity index (χ4n) is 2.40. The standard InChI is InChI=1S/C15H22O4/c1-5-12-8-11(4)9-15(10-12,13(16)18-6-2)14(17)19-7-3/h5,8H,6-7,9-10H2,1-4H3/b12-5+. The van der Waals surface area contributed by atoms with Crippen LogP contribution in [0.4, 0.5) is 0 Å². The van der Waals surface area contributed by atoms with Crippen LogP contribution in [0.5, 0.6) is 0 Å². The molecule has 1 aliphatic carbocycles. The predicted molar refractivity (Wildman–Crippen MR) is 72.4 cm³/mol. The van der Waals surface area contributed by atoms with E-state index in [1.54, 1.807) is 13.8 Å². The van der Waals surface area contributed by atoms with Crippen molar-refractivity contribution in [2.45, 2.75) is 40.5 Å². The van der Waals surface area contributed by atoms with Crippen molar-refractivity contribution in [2.24, 2.45) is 5.41 Å². The number of ether oxygens (including phenoxy) is 2. The largest absolute Gasteiger partial charge is 0.465 e. The Morgan fingerprint density at radius 3 is 2.16 bits per heavy atom. The Labute approximate surface area is 114 Å². The number of hydrogen-bond acceptors (Lipinski definition) is 4. The molecule has 0 aromatic heterocycles. The highest BCUT2D eigenvalue weighted by Crippen LogP contribution is 2.41. The average molecular weight is 266 g/mol. The Morgan fingerprint density at radius 1 is 1.21 bits per heavy atom. The summed E-state index contributed by atoms with van der Waals surface area (Å²) in [5.41, 5.74) is 0.734. The second-order valence-corrected chi connectivity index (χ2v) is 4.73. The second kappa shape index (κ2) is 6.55. The van der Waals surface area contributed by atoms with Crippen molar-refractivity contribution in [1.29, 1.82) is 0 Å². The van der Waals surface area contributed by atoms with Crippen LogP contribution in [0.1, 0.15) is 40.5 Å². The maximum atomic E-state index is 12.3. The van der Waals surface area contributed by atoms with Crippen molar-refractivity contribution in [3.8, 4) is 0 Å². The lowest BCUT2D eigenvalue weighted by molar-refractivity contribution is -0.172. The number of allylic oxidation sites excluding steroid dienone is 4. The number of carbonyl (C=O) groups excluding carboxylic acids is 2. The van der Waals surface area contributed by atoms with Gasteiger partial charge in [0, 0.05) is 0 Å². The molecule has 0 bridgehead atoms. The number of esters is 2. The summed E-state index contributed by atoms with van der Waals surface area (Å²) in [5.74, 6) is -0.972. The maximum absolute atomic E-state index is 12.3. The zero-order chi connectivity index (χ0) is 14.5. The molecule has 1 rings (SSSR count). The quantitative estimate of drug-likeness (QED) is 0.580. The van der Waals surface area contributed by atoms with E-state index in [1.807, 2.05) is 26.0 Å². The maximum Gasteiger partial charge on any atom is 0.324 e. The van der Waals surface area contributed by atoms with Crippen LogP contribution in [0.25, 0.3) is 0 Å². The minimum Gasteiger partial charge on any atom is -0.465 e. The molecule has 0 unspecified atom stereocenters. The molecule has 4 nitrogen and oxygen atoms in total. The third kappa shape index (κ3) is 3.25. The molecule has 0 N–H and O–H groups in total. The van der Waals surface area contributed by atoms with Gasteiger partial charge in [-0.3, -0.25) is 9.59 Å². The Hall–Kier alpha value is -1.58. The van der Waals surface area contributed by atoms with E-state index >= 15 is 0 Å². The van der Waals surface area contributed by atoms with Gasteiger partial charge in [-0.1, -0.05) is 23.3 Å². The van der Waals surface area contributed by atoms with Gasteiger partial charge in [0.1, 0.15) is 0 Å². The summed E-state index contributed by atoms with van der Waals surface area (Å²) in [6.45, 7) is 7.79. The van der Waals surface area contributed by atoms with Gasteiger partial charge in [0.2, 0.25) is 0 Å². The smallest absolute Gasteiger partial charge is 0.324 e. The Bertz CT molecular complexity index is 400. The van der Waals surface area contributed by atoms with Crippen LogP contribution in [-0.4, -0.2) is 25.2 Å². The van der Waals surface area contributed by atoms with Gasteiger partial charge in [0.05, 0.1) is 13.2 Å². The van der Waals surface area contributed by atoms with E-state index in [1.165, 1.54) is 0 Å². The zero-order valence-electron chi connectivity index (χ0n) is 12.1. The van der Waals surface area contributed by atoms with Gasteiger partial charge < -0.3 is 9.47 Å². The lowest BCUT2D eigenvalue weighted by Crippen LogP contribution is -2.44. The molecule has 0 atom stereocenters. The molecule has 0 aromatic rings. The lowest BCUT2D eigenvalue weighted by atomic mass is 9.72. The van der Waals surface area contributed by atoms with Crippen molar-refractivity contribution in [3.05, 3.63) is 23.3 Å². The van der Waals surface area contributed by atoms with E-state index in [0.717, 1.165) is 11.1 Å². The van der Waals surface area contributed by atoms with Crippen LogP contribution in [0, 0.1) is 5.41 Å². The SMILES string of the molecule is C/C=C1\C=C(C)CC(C(=O)OCC)(C(=O)OCC)C1. The van der Waals surface area contributed by atoms with Crippen LogP contribution in [0.3, 0.4) is 0 Å². The zero-order valence-corrected chi connectivity index (χ0v) is 12.1. The molecule has 0 aliphatic heterocycles. The first-order chi connectivity index (χ1) is 9.00. The minimum absolute atomic E-state index is 0.258. The summed E-state index contributed by atoms with van der Waals surface area (Å²) in [6.07, 6.45) is 4.63. The Morgan fingerprint density at radius 2 is 1.74 bits per heavy atom. The van der Waals surface area contributed by atoms with Gasteiger partial charge in [-0.25, -0.2) is 0 Å². The molecular weight excluding hydrogens is 244 g/mol. The predicted octanol–water partition coefficient (Wildman–Crippen LogP) is 2.79. The van der Waals surface area contributed by atoms with Crippen LogP contribution >= 0.6 is 0 Å². The minimum atomic E-state index is -1.22. The molecule has 0 fully saturated rings. The first-order valence-electron chi connectivity index (χ1n) is 6.67. The van der Waals surface area contributed by atoms with Crippen molar-refractivity contribution >= 4 is 11.9 Å². The molecule has 0 spiro atoms. The summed E-state index contributed by atoms with van der Waals surface area (Å²) in [5, 5.41) is 0. The monoisotopic (exact) mass is 266 g/mol. The summed E-state index contributed by atoms with van der Waals surface area (Å²) in [4.78, 5) is 24.5. The van der Waals surface area contributed by atoms with Gasteiger partial charge in [0.15, 0.2) is 5.41 Å². The van der Waals surface area contributed by atoms with Crippen molar-refractivity contribution in [2.75, 3.05) is 13.2 Å². The first kappa shape index (κ1) is 15.5. The number of hydrogen-bond donors (Lipinski definition) is 0. The highest BCUT2D eigenvalue weighted by molar-refractivity contribution is 6.01. The Balaban J connectivity index is 3.17. The molecule has 0 heterocycles. The van der Waals surface area contributed by atoms with Crippen molar-refractivity contribution in [3.63, 3.8) is 0 Å². The van der Waals surface area contributed by atoms with E-state index in [9.17, 15) is 9.59 Å². The number of carbonyl (C=O) groups is 2. The fourth-order valence-corrected chi connectivity index (χ4v) is 2.40. The molecular formula is C15H22O4. The summed E-state index contributed by atoms with van der Waals surface area (Å²) < 4.78 is 10.2. The summed E-state index contributed by atoms with van der Waals surface area (Å²) >= 11 is 0. The topological polar surface area (TPSA) is 52.6 Å². The fraction of sp³-hybridized carbons (Fsp3) is 0.600. The van der Waals surface area contributed by atoms with Crippen LogP contribution in [0.2, 0.25) is 0 Å². The van der Waals surface area contributed by atoms with E-state index in [-0.39, 0.29) is 13.2 Å². The highest BCUT2D eigenvalue weighted by atomic mass is 16.6. The molecule has 19 heavy (non-hydrogen) atoms.